The van der Waals surface area contributed by atoms with E-state index in [1.807, 2.05) is 30.3 Å². The van der Waals surface area contributed by atoms with E-state index in [1.165, 1.54) is 49.2 Å². The number of nitrogens with zero attached hydrogens (tertiary/aromatic N) is 1. The van der Waals surface area contributed by atoms with Crippen LogP contribution < -0.4 is 11.2 Å². The number of thiophene rings is 1. The van der Waals surface area contributed by atoms with E-state index in [-0.39, 0.29) is 5.91 Å². The number of carbonyl (C=O) groups excluding carboxylic acids is 1. The second-order valence-corrected chi connectivity index (χ2v) is 9.67. The first-order valence-electron chi connectivity index (χ1n) is 9.60. The number of halogens is 1. The van der Waals surface area contributed by atoms with Gasteiger partial charge in [0.25, 0.3) is 5.91 Å². The molecule has 4 aliphatic carbocycles. The topological polar surface area (TPSA) is 67.5 Å². The molecule has 4 saturated carbocycles. The van der Waals surface area contributed by atoms with Gasteiger partial charge in [-0.2, -0.15) is 5.10 Å². The quantitative estimate of drug-likeness (QED) is 0.697. The Hall–Kier alpha value is -1.85. The largest absolute Gasteiger partial charge is 0.397 e. The fourth-order valence-corrected chi connectivity index (χ4v) is 6.46. The average molecular weight is 400 g/mol. The Kier molecular flexibility index (Phi) is 4.25. The van der Waals surface area contributed by atoms with Crippen LogP contribution in [0.3, 0.4) is 0 Å². The van der Waals surface area contributed by atoms with Crippen molar-refractivity contribution in [3.8, 4) is 10.4 Å². The zero-order chi connectivity index (χ0) is 18.5. The Labute approximate surface area is 167 Å². The normalized spacial score (nSPS) is 28.4. The Morgan fingerprint density at radius 2 is 1.70 bits per heavy atom. The van der Waals surface area contributed by atoms with Gasteiger partial charge in [0.2, 0.25) is 0 Å². The summed E-state index contributed by atoms with van der Waals surface area (Å²) < 4.78 is 0. The lowest BCUT2D eigenvalue weighted by Crippen LogP contribution is -2.46. The SMILES string of the molecule is Nc1cc(-c2ccc(Cl)cc2)sc1C(=O)NN=C1C2CC3CC(C2)CC1C3. The number of nitrogen functional groups attached to an aromatic ring is 1. The number of nitrogens with two attached hydrogens (primary N) is 1. The number of hydrogen-bond acceptors (Lipinski definition) is 4. The van der Waals surface area contributed by atoms with Crippen LogP contribution in [0.1, 0.15) is 41.8 Å². The Balaban J connectivity index is 1.34. The lowest BCUT2D eigenvalue weighted by molar-refractivity contribution is 0.0947. The zero-order valence-electron chi connectivity index (χ0n) is 15.0. The molecule has 0 atom stereocenters. The number of nitrogens with one attached hydrogen (secondary N) is 1. The summed E-state index contributed by atoms with van der Waals surface area (Å²) in [5, 5.41) is 5.27. The minimum atomic E-state index is -0.209. The number of hydrogen-bond donors (Lipinski definition) is 2. The molecule has 0 aliphatic heterocycles. The number of anilines is 1. The molecule has 1 heterocycles. The van der Waals surface area contributed by atoms with Crippen molar-refractivity contribution in [3.05, 3.63) is 40.2 Å². The molecule has 4 aliphatic rings. The van der Waals surface area contributed by atoms with Crippen molar-refractivity contribution >= 4 is 40.2 Å². The highest BCUT2D eigenvalue weighted by molar-refractivity contribution is 7.18. The van der Waals surface area contributed by atoms with Crippen LogP contribution in [0.15, 0.2) is 35.4 Å². The Morgan fingerprint density at radius 3 is 2.33 bits per heavy atom. The van der Waals surface area contributed by atoms with Crippen molar-refractivity contribution in [3.63, 3.8) is 0 Å². The van der Waals surface area contributed by atoms with Crippen molar-refractivity contribution in [1.29, 1.82) is 0 Å². The molecular weight excluding hydrogens is 378 g/mol. The highest BCUT2D eigenvalue weighted by Crippen LogP contribution is 2.52. The number of benzene rings is 1. The molecule has 140 valence electrons. The van der Waals surface area contributed by atoms with Crippen LogP contribution in [0.25, 0.3) is 10.4 Å². The molecule has 27 heavy (non-hydrogen) atoms. The van der Waals surface area contributed by atoms with Gasteiger partial charge in [0.15, 0.2) is 0 Å². The molecule has 1 aromatic heterocycles. The van der Waals surface area contributed by atoms with Gasteiger partial charge in [0, 0.05) is 15.6 Å². The summed E-state index contributed by atoms with van der Waals surface area (Å²) in [4.78, 5) is 14.2. The monoisotopic (exact) mass is 399 g/mol. The van der Waals surface area contributed by atoms with Crippen LogP contribution >= 0.6 is 22.9 Å². The smallest absolute Gasteiger partial charge is 0.283 e. The molecule has 4 fully saturated rings. The second kappa shape index (κ2) is 6.64. The molecule has 2 aromatic rings. The number of hydrazone groups is 1. The van der Waals surface area contributed by atoms with Crippen LogP contribution in [-0.4, -0.2) is 11.6 Å². The maximum absolute atomic E-state index is 12.7. The predicted octanol–water partition coefficient (Wildman–Crippen LogP) is 5.19. The fraction of sp³-hybridized carbons (Fsp3) is 0.429. The van der Waals surface area contributed by atoms with E-state index < -0.39 is 0 Å². The second-order valence-electron chi connectivity index (χ2n) is 8.18. The first kappa shape index (κ1) is 17.3. The van der Waals surface area contributed by atoms with Crippen molar-refractivity contribution in [2.75, 3.05) is 5.73 Å². The lowest BCUT2D eigenvalue weighted by Gasteiger charge is -2.50. The van der Waals surface area contributed by atoms with Gasteiger partial charge in [-0.05, 0) is 79.5 Å². The number of rotatable bonds is 3. The van der Waals surface area contributed by atoms with Crippen LogP contribution in [0, 0.1) is 23.7 Å². The molecule has 4 nitrogen and oxygen atoms in total. The first-order valence-corrected chi connectivity index (χ1v) is 10.8. The van der Waals surface area contributed by atoms with E-state index in [0.29, 0.717) is 27.4 Å². The number of amides is 1. The van der Waals surface area contributed by atoms with Gasteiger partial charge < -0.3 is 5.73 Å². The van der Waals surface area contributed by atoms with Crippen LogP contribution in [-0.2, 0) is 0 Å². The minimum Gasteiger partial charge on any atom is -0.397 e. The summed E-state index contributed by atoms with van der Waals surface area (Å²) in [7, 11) is 0. The standard InChI is InChI=1S/C21H22ClN3OS/c22-16-3-1-13(2-4-16)18-10-17(23)20(27-18)21(26)25-24-19-14-6-11-5-12(8-14)9-15(19)7-11/h1-4,10-12,14-15H,5-9,23H2,(H,25,26). The molecule has 1 amide bonds. The molecule has 6 heteroatoms. The Morgan fingerprint density at radius 1 is 1.07 bits per heavy atom. The molecule has 0 saturated heterocycles. The molecular formula is C21H22ClN3OS. The first-order chi connectivity index (χ1) is 13.1. The maximum Gasteiger partial charge on any atom is 0.283 e. The van der Waals surface area contributed by atoms with Crippen molar-refractivity contribution in [2.45, 2.75) is 32.1 Å². The predicted molar refractivity (Wildman–Crippen MR) is 111 cm³/mol. The molecule has 0 radical (unpaired) electrons. The molecule has 1 aromatic carbocycles. The van der Waals surface area contributed by atoms with Gasteiger partial charge >= 0.3 is 0 Å². The summed E-state index contributed by atoms with van der Waals surface area (Å²) in [6.07, 6.45) is 6.42. The van der Waals surface area contributed by atoms with Gasteiger partial charge in [0.1, 0.15) is 4.88 Å². The van der Waals surface area contributed by atoms with E-state index in [1.54, 1.807) is 0 Å². The van der Waals surface area contributed by atoms with Crippen LogP contribution in [0.2, 0.25) is 5.02 Å². The van der Waals surface area contributed by atoms with Gasteiger partial charge in [-0.1, -0.05) is 23.7 Å². The van der Waals surface area contributed by atoms with Crippen molar-refractivity contribution < 1.29 is 4.79 Å². The minimum absolute atomic E-state index is 0.209. The number of carbonyl (C=O) groups is 1. The van der Waals surface area contributed by atoms with Gasteiger partial charge in [-0.3, -0.25) is 4.79 Å². The average Bonchev–Trinajstić information content (AvgIpc) is 3.03. The maximum atomic E-state index is 12.7. The van der Waals surface area contributed by atoms with E-state index in [9.17, 15) is 4.79 Å². The molecule has 0 unspecified atom stereocenters. The van der Waals surface area contributed by atoms with Crippen molar-refractivity contribution in [2.24, 2.45) is 28.8 Å². The van der Waals surface area contributed by atoms with E-state index >= 15 is 0 Å². The fourth-order valence-electron chi connectivity index (χ4n) is 5.35. The molecule has 4 bridgehead atoms. The van der Waals surface area contributed by atoms with Crippen LogP contribution in [0.5, 0.6) is 0 Å². The van der Waals surface area contributed by atoms with Gasteiger partial charge in [-0.25, -0.2) is 5.43 Å². The third-order valence-corrected chi connectivity index (χ3v) is 7.81. The van der Waals surface area contributed by atoms with E-state index in [0.717, 1.165) is 22.3 Å². The third kappa shape index (κ3) is 3.17. The summed E-state index contributed by atoms with van der Waals surface area (Å²) in [6.45, 7) is 0. The highest BCUT2D eigenvalue weighted by Gasteiger charge is 2.46. The molecule has 0 spiro atoms. The van der Waals surface area contributed by atoms with Gasteiger partial charge in [0.05, 0.1) is 5.69 Å². The lowest BCUT2D eigenvalue weighted by atomic mass is 9.55. The summed E-state index contributed by atoms with van der Waals surface area (Å²) >= 11 is 7.35. The zero-order valence-corrected chi connectivity index (χ0v) is 16.5. The summed E-state index contributed by atoms with van der Waals surface area (Å²) in [5.41, 5.74) is 11.6. The summed E-state index contributed by atoms with van der Waals surface area (Å²) in [5.74, 6) is 2.71. The molecule has 6 rings (SSSR count). The van der Waals surface area contributed by atoms with Crippen molar-refractivity contribution in [1.82, 2.24) is 5.43 Å². The third-order valence-electron chi connectivity index (χ3n) is 6.36. The van der Waals surface area contributed by atoms with Crippen LogP contribution in [0.4, 0.5) is 5.69 Å². The Bertz CT molecular complexity index is 888. The van der Waals surface area contributed by atoms with E-state index in [4.69, 9.17) is 17.3 Å². The van der Waals surface area contributed by atoms with Gasteiger partial charge in [-0.15, -0.1) is 11.3 Å². The summed E-state index contributed by atoms with van der Waals surface area (Å²) in [6, 6.07) is 9.39. The van der Waals surface area contributed by atoms with E-state index in [2.05, 4.69) is 10.5 Å². The molecule has 3 N–H and O–H groups in total. The highest BCUT2D eigenvalue weighted by atomic mass is 35.5.